The van der Waals surface area contributed by atoms with Crippen molar-refractivity contribution in [2.45, 2.75) is 329 Å². The number of unbranched alkanes of at least 4 members (excludes halogenated alkanes) is 18. The van der Waals surface area contributed by atoms with E-state index < -0.39 is 61.5 Å². The fraction of sp³-hybridized carbons (Fsp3) is 0.897. The molecule has 11 heteroatoms. The average molecular weight is 1110 g/mol. The summed E-state index contributed by atoms with van der Waals surface area (Å²) in [4.78, 5) is 13.0. The number of carbonyl (C=O) groups is 1. The monoisotopic (exact) mass is 1110 g/mol. The quantitative estimate of drug-likeness (QED) is 0.0220. The normalized spacial score (nSPS) is 31.4. The molecule has 5 rings (SSSR count). The molecule has 3 saturated carbocycles. The van der Waals surface area contributed by atoms with Crippen LogP contribution < -0.4 is 5.32 Å². The van der Waals surface area contributed by atoms with E-state index in [2.05, 4.69) is 72.9 Å². The highest BCUT2D eigenvalue weighted by Gasteiger charge is 2.59. The lowest BCUT2D eigenvalue weighted by Gasteiger charge is -2.58. The first-order valence-electron chi connectivity index (χ1n) is 33.2. The van der Waals surface area contributed by atoms with E-state index in [-0.39, 0.29) is 12.7 Å². The fourth-order valence-electron chi connectivity index (χ4n) is 15.1. The van der Waals surface area contributed by atoms with Crippen LogP contribution in [0.3, 0.4) is 0 Å². The zero-order valence-electron chi connectivity index (χ0n) is 51.8. The molecule has 0 aromatic carbocycles. The molecule has 4 aliphatic carbocycles. The minimum atomic E-state index is -1.61. The number of ether oxygens (including phenoxy) is 2. The largest absolute Gasteiger partial charge is 0.394 e. The van der Waals surface area contributed by atoms with Gasteiger partial charge in [-0.05, 0) is 137 Å². The van der Waals surface area contributed by atoms with Crippen molar-refractivity contribution in [1.82, 2.24) is 5.32 Å². The molecule has 0 unspecified atom stereocenters. The Morgan fingerprint density at radius 3 is 1.97 bits per heavy atom. The summed E-state index contributed by atoms with van der Waals surface area (Å²) in [5.41, 5.74) is 3.96. The van der Waals surface area contributed by atoms with Gasteiger partial charge in [-0.15, -0.1) is 0 Å². The second-order valence-corrected chi connectivity index (χ2v) is 26.9. The third kappa shape index (κ3) is 22.7. The molecule has 0 aromatic rings. The molecule has 16 atom stereocenters. The van der Waals surface area contributed by atoms with Crippen LogP contribution in [0.2, 0.25) is 0 Å². The molecule has 79 heavy (non-hydrogen) atoms. The van der Waals surface area contributed by atoms with Crippen molar-refractivity contribution in [2.24, 2.45) is 46.3 Å². The summed E-state index contributed by atoms with van der Waals surface area (Å²) in [5.74, 6) is 4.83. The number of fused-ring (bicyclic) bond motifs is 5. The van der Waals surface area contributed by atoms with Crippen LogP contribution in [0.5, 0.6) is 0 Å². The standard InChI is InChI=1S/C41H77NO9.C27H46O/c1-4-6-8-10-12-13-14-15-16-18-20-24-29-35(45)40(49)42-33(31-50-41-39(48)38(47)37(46)36(30-43)51-41)34(44)28-25-21-23-27-32(3)26-22-19-17-11-9-7-5-2;1-18(2)7-6-8-19(3)23-11-12-24-22-10-9-20-17-21(28)13-15-26(20,4)25(22)14-16-27(23,24)5/h25,27-28,33-39,41,43-48H,4-24,26,29-31H2,1-3H3,(H,42,49);9,18-19,21-25,28H,6-8,10-17H2,1-5H3/b28-25+,32-27+;/t33-,34+,35+,36+,37+,38-,39+,41+;19-,21+,22+,23-,24+,25+,26+,27-/m01/s1. The molecule has 5 aliphatic rings. The van der Waals surface area contributed by atoms with E-state index in [1.165, 1.54) is 160 Å². The second kappa shape index (κ2) is 37.6. The lowest BCUT2D eigenvalue weighted by atomic mass is 9.47. The number of amides is 1. The molecule has 1 heterocycles. The maximum absolute atomic E-state index is 13.0. The van der Waals surface area contributed by atoms with Crippen LogP contribution in [-0.2, 0) is 14.3 Å². The summed E-state index contributed by atoms with van der Waals surface area (Å²) >= 11 is 0. The number of rotatable bonds is 37. The molecule has 1 saturated heterocycles. The first-order valence-corrected chi connectivity index (χ1v) is 33.2. The summed E-state index contributed by atoms with van der Waals surface area (Å²) in [7, 11) is 0. The zero-order valence-corrected chi connectivity index (χ0v) is 51.8. The Morgan fingerprint density at radius 2 is 1.35 bits per heavy atom. The molecular weight excluding hydrogens is 991 g/mol. The zero-order chi connectivity index (χ0) is 57.8. The molecule has 0 aromatic heterocycles. The highest BCUT2D eigenvalue weighted by Crippen LogP contribution is 2.67. The van der Waals surface area contributed by atoms with E-state index in [0.717, 1.165) is 80.5 Å². The Kier molecular flexibility index (Phi) is 33.2. The van der Waals surface area contributed by atoms with Crippen LogP contribution in [0.1, 0.15) is 274 Å². The van der Waals surface area contributed by atoms with Gasteiger partial charge in [0.05, 0.1) is 31.5 Å². The third-order valence-electron chi connectivity index (χ3n) is 20.3. The molecule has 4 fully saturated rings. The maximum atomic E-state index is 13.0. The van der Waals surface area contributed by atoms with Crippen molar-refractivity contribution in [2.75, 3.05) is 13.2 Å². The van der Waals surface area contributed by atoms with Gasteiger partial charge in [-0.3, -0.25) is 4.79 Å². The van der Waals surface area contributed by atoms with E-state index in [1.54, 1.807) is 11.6 Å². The predicted molar refractivity (Wildman–Crippen MR) is 323 cm³/mol. The van der Waals surface area contributed by atoms with Crippen LogP contribution in [0.4, 0.5) is 0 Å². The van der Waals surface area contributed by atoms with Crippen LogP contribution in [0.15, 0.2) is 35.5 Å². The van der Waals surface area contributed by atoms with Gasteiger partial charge in [0.25, 0.3) is 0 Å². The van der Waals surface area contributed by atoms with E-state index in [4.69, 9.17) is 9.47 Å². The number of carbonyl (C=O) groups excluding carboxylic acids is 1. The van der Waals surface area contributed by atoms with Crippen molar-refractivity contribution < 1.29 is 50.0 Å². The Balaban J connectivity index is 0.000000398. The molecule has 1 aliphatic heterocycles. The summed E-state index contributed by atoms with van der Waals surface area (Å²) in [6.45, 7) is 18.3. The van der Waals surface area contributed by atoms with Crippen molar-refractivity contribution in [3.63, 3.8) is 0 Å². The van der Waals surface area contributed by atoms with Gasteiger partial charge in [0.1, 0.15) is 30.5 Å². The van der Waals surface area contributed by atoms with E-state index >= 15 is 0 Å². The minimum absolute atomic E-state index is 0.0766. The number of nitrogens with one attached hydrogen (secondary N) is 1. The summed E-state index contributed by atoms with van der Waals surface area (Å²) in [5, 5.41) is 74.7. The number of aliphatic hydroxyl groups is 7. The van der Waals surface area contributed by atoms with Crippen molar-refractivity contribution in [3.05, 3.63) is 35.5 Å². The highest BCUT2D eigenvalue weighted by atomic mass is 16.7. The van der Waals surface area contributed by atoms with Crippen molar-refractivity contribution in [3.8, 4) is 0 Å². The summed E-state index contributed by atoms with van der Waals surface area (Å²) in [6.07, 6.45) is 39.2. The topological polar surface area (TPSA) is 189 Å². The van der Waals surface area contributed by atoms with Gasteiger partial charge >= 0.3 is 0 Å². The third-order valence-corrected chi connectivity index (χ3v) is 20.3. The Bertz CT molecular complexity index is 1730. The Hall–Kier alpha value is -1.67. The van der Waals surface area contributed by atoms with Gasteiger partial charge in [-0.25, -0.2) is 0 Å². The number of allylic oxidation sites excluding steroid dienone is 4. The molecular formula is C68H123NO10. The van der Waals surface area contributed by atoms with Crippen molar-refractivity contribution in [1.29, 1.82) is 0 Å². The molecule has 460 valence electrons. The van der Waals surface area contributed by atoms with Gasteiger partial charge < -0.3 is 50.5 Å². The first kappa shape index (κ1) is 69.8. The number of hydrogen-bond acceptors (Lipinski definition) is 10. The van der Waals surface area contributed by atoms with Crippen LogP contribution >= 0.6 is 0 Å². The SMILES string of the molecule is CC(C)CCC[C@@H](C)[C@H]1CC[C@H]2[C@@H]3CC=C4C[C@@H](O)CC[C@]4(C)[C@H]3CC[C@]12C.CCCCCCCCCCCCCC[C@@H](O)C(=O)N[C@@H](CO[C@@H]1O[C@H](CO)[C@@H](O)[C@H](O)[C@H]1O)[C@H](O)/C=C/CC/C=C(\C)CCCCCCCCC. The van der Waals surface area contributed by atoms with Crippen molar-refractivity contribution >= 4 is 5.91 Å². The van der Waals surface area contributed by atoms with Crippen LogP contribution in [-0.4, -0.2) is 110 Å². The lowest BCUT2D eigenvalue weighted by Crippen LogP contribution is -2.60. The highest BCUT2D eigenvalue weighted by molar-refractivity contribution is 5.80. The summed E-state index contributed by atoms with van der Waals surface area (Å²) < 4.78 is 11.1. The van der Waals surface area contributed by atoms with Crippen LogP contribution in [0, 0.1) is 46.3 Å². The molecule has 0 radical (unpaired) electrons. The van der Waals surface area contributed by atoms with Gasteiger partial charge in [-0.2, -0.15) is 0 Å². The number of aliphatic hydroxyl groups excluding tert-OH is 7. The lowest BCUT2D eigenvalue weighted by molar-refractivity contribution is -0.302. The van der Waals surface area contributed by atoms with Gasteiger partial charge in [0.15, 0.2) is 6.29 Å². The maximum Gasteiger partial charge on any atom is 0.249 e. The second-order valence-electron chi connectivity index (χ2n) is 26.9. The average Bonchev–Trinajstić information content (AvgIpc) is 4.02. The molecule has 8 N–H and O–H groups in total. The minimum Gasteiger partial charge on any atom is -0.394 e. The van der Waals surface area contributed by atoms with E-state index in [9.17, 15) is 40.5 Å². The Morgan fingerprint density at radius 1 is 0.734 bits per heavy atom. The van der Waals surface area contributed by atoms with Gasteiger partial charge in [0, 0.05) is 0 Å². The van der Waals surface area contributed by atoms with Gasteiger partial charge in [0.2, 0.25) is 5.91 Å². The first-order chi connectivity index (χ1) is 37.9. The molecule has 1 amide bonds. The molecule has 0 spiro atoms. The smallest absolute Gasteiger partial charge is 0.249 e. The van der Waals surface area contributed by atoms with Gasteiger partial charge in [-0.1, -0.05) is 219 Å². The fourth-order valence-corrected chi connectivity index (χ4v) is 15.1. The predicted octanol–water partition coefficient (Wildman–Crippen LogP) is 13.9. The van der Waals surface area contributed by atoms with Crippen LogP contribution in [0.25, 0.3) is 0 Å². The van der Waals surface area contributed by atoms with E-state index in [1.807, 2.05) is 6.08 Å². The van der Waals surface area contributed by atoms with E-state index in [0.29, 0.717) is 30.1 Å². The molecule has 0 bridgehead atoms. The molecule has 11 nitrogen and oxygen atoms in total. The number of hydrogen-bond donors (Lipinski definition) is 8. The Labute approximate surface area is 483 Å². The summed E-state index contributed by atoms with van der Waals surface area (Å²) in [6, 6.07) is -0.993.